The Hall–Kier alpha value is -1.67. The lowest BCUT2D eigenvalue weighted by atomic mass is 9.99. The Morgan fingerprint density at radius 1 is 1.00 bits per heavy atom. The third-order valence-electron chi connectivity index (χ3n) is 4.62. The molecule has 1 N–H and O–H groups in total. The third kappa shape index (κ3) is 2.73. The molecule has 0 unspecified atom stereocenters. The summed E-state index contributed by atoms with van der Waals surface area (Å²) in [7, 11) is 0. The van der Waals surface area contributed by atoms with E-state index in [9.17, 15) is 4.39 Å². The summed E-state index contributed by atoms with van der Waals surface area (Å²) in [4.78, 5) is 0. The van der Waals surface area contributed by atoms with E-state index in [-0.39, 0.29) is 5.82 Å². The summed E-state index contributed by atoms with van der Waals surface area (Å²) in [5, 5.41) is 3.43. The molecular weight excluding hydrogens is 261 g/mol. The maximum Gasteiger partial charge on any atom is 0.131 e. The highest BCUT2D eigenvalue weighted by molar-refractivity contribution is 5.66. The summed E-state index contributed by atoms with van der Waals surface area (Å²) in [5.41, 5.74) is 5.59. The van der Waals surface area contributed by atoms with Gasteiger partial charge in [0.05, 0.1) is 0 Å². The van der Waals surface area contributed by atoms with E-state index in [1.165, 1.54) is 36.8 Å². The molecule has 2 aromatic carbocycles. The quantitative estimate of drug-likeness (QED) is 0.884. The molecule has 0 saturated heterocycles. The van der Waals surface area contributed by atoms with Gasteiger partial charge in [-0.05, 0) is 60.4 Å². The molecule has 2 heteroatoms. The van der Waals surface area contributed by atoms with Crippen molar-refractivity contribution >= 4 is 0 Å². The number of hydrogen-bond donors (Lipinski definition) is 1. The number of hydrogen-bond acceptors (Lipinski definition) is 1. The van der Waals surface area contributed by atoms with Crippen LogP contribution in [-0.4, -0.2) is 6.04 Å². The first-order valence-corrected chi connectivity index (χ1v) is 7.93. The molecule has 1 nitrogen and oxygen atoms in total. The highest BCUT2D eigenvalue weighted by Gasteiger charge is 2.20. The number of aryl methyl sites for hydroxylation is 2. The van der Waals surface area contributed by atoms with Crippen LogP contribution in [0.5, 0.6) is 0 Å². The van der Waals surface area contributed by atoms with E-state index in [2.05, 4.69) is 23.5 Å². The van der Waals surface area contributed by atoms with Crippen molar-refractivity contribution in [1.82, 2.24) is 5.32 Å². The Morgan fingerprint density at radius 2 is 1.86 bits per heavy atom. The minimum atomic E-state index is -0.108. The molecule has 1 saturated carbocycles. The van der Waals surface area contributed by atoms with Gasteiger partial charge in [0.25, 0.3) is 0 Å². The van der Waals surface area contributed by atoms with Gasteiger partial charge in [-0.3, -0.25) is 0 Å². The zero-order valence-electron chi connectivity index (χ0n) is 12.2. The minimum absolute atomic E-state index is 0.108. The van der Waals surface area contributed by atoms with E-state index in [4.69, 9.17) is 0 Å². The van der Waals surface area contributed by atoms with Gasteiger partial charge in [-0.2, -0.15) is 0 Å². The van der Waals surface area contributed by atoms with E-state index < -0.39 is 0 Å². The minimum Gasteiger partial charge on any atom is -0.310 e. The van der Waals surface area contributed by atoms with Crippen molar-refractivity contribution in [2.75, 3.05) is 0 Å². The molecule has 0 atom stereocenters. The molecule has 2 aliphatic carbocycles. The van der Waals surface area contributed by atoms with Crippen LogP contribution in [-0.2, 0) is 19.4 Å². The van der Waals surface area contributed by atoms with Gasteiger partial charge in [0, 0.05) is 18.2 Å². The molecule has 0 aliphatic heterocycles. The van der Waals surface area contributed by atoms with Gasteiger partial charge in [0.2, 0.25) is 0 Å². The van der Waals surface area contributed by atoms with E-state index in [1.54, 1.807) is 6.07 Å². The van der Waals surface area contributed by atoms with Crippen LogP contribution in [0.2, 0.25) is 0 Å². The van der Waals surface area contributed by atoms with Crippen LogP contribution in [0.3, 0.4) is 0 Å². The van der Waals surface area contributed by atoms with Gasteiger partial charge in [0.15, 0.2) is 0 Å². The van der Waals surface area contributed by atoms with E-state index in [0.29, 0.717) is 6.04 Å². The van der Waals surface area contributed by atoms with Crippen LogP contribution in [0, 0.1) is 5.82 Å². The first-order valence-electron chi connectivity index (χ1n) is 7.93. The third-order valence-corrected chi connectivity index (χ3v) is 4.62. The lowest BCUT2D eigenvalue weighted by Crippen LogP contribution is -2.15. The molecule has 2 aliphatic rings. The molecule has 4 rings (SSSR count). The number of fused-ring (bicyclic) bond motifs is 1. The normalized spacial score (nSPS) is 17.0. The van der Waals surface area contributed by atoms with Crippen molar-refractivity contribution in [3.8, 4) is 11.1 Å². The van der Waals surface area contributed by atoms with E-state index in [0.717, 1.165) is 29.7 Å². The highest BCUT2D eigenvalue weighted by Crippen LogP contribution is 2.30. The highest BCUT2D eigenvalue weighted by atomic mass is 19.1. The van der Waals surface area contributed by atoms with Crippen molar-refractivity contribution in [3.63, 3.8) is 0 Å². The number of rotatable bonds is 4. The molecule has 2 aromatic rings. The predicted octanol–water partition coefficient (Wildman–Crippen LogP) is 4.23. The van der Waals surface area contributed by atoms with Gasteiger partial charge in [0.1, 0.15) is 5.82 Å². The molecular formula is C19H20FN. The molecule has 0 amide bonds. The molecule has 0 heterocycles. The van der Waals surface area contributed by atoms with Crippen molar-refractivity contribution in [3.05, 3.63) is 58.9 Å². The lowest BCUT2D eigenvalue weighted by molar-refractivity contribution is 0.623. The fourth-order valence-electron chi connectivity index (χ4n) is 3.19. The monoisotopic (exact) mass is 281 g/mol. The summed E-state index contributed by atoms with van der Waals surface area (Å²) >= 11 is 0. The van der Waals surface area contributed by atoms with Crippen LogP contribution < -0.4 is 5.32 Å². The molecule has 0 radical (unpaired) electrons. The zero-order valence-corrected chi connectivity index (χ0v) is 12.2. The van der Waals surface area contributed by atoms with Crippen molar-refractivity contribution in [1.29, 1.82) is 0 Å². The largest absolute Gasteiger partial charge is 0.310 e. The Labute approximate surface area is 125 Å². The maximum atomic E-state index is 14.4. The number of nitrogens with one attached hydrogen (secondary N) is 1. The van der Waals surface area contributed by atoms with Gasteiger partial charge in [-0.25, -0.2) is 4.39 Å². The fraction of sp³-hybridized carbons (Fsp3) is 0.368. The summed E-state index contributed by atoms with van der Waals surface area (Å²) in [5.74, 6) is -0.108. The molecule has 0 bridgehead atoms. The summed E-state index contributed by atoms with van der Waals surface area (Å²) in [6.07, 6.45) is 6.05. The summed E-state index contributed by atoms with van der Waals surface area (Å²) in [6.45, 7) is 0.770. The number of halogens is 1. The Kier molecular flexibility index (Phi) is 3.27. The maximum absolute atomic E-state index is 14.4. The van der Waals surface area contributed by atoms with Gasteiger partial charge in [-0.15, -0.1) is 0 Å². The molecule has 0 spiro atoms. The molecule has 0 aromatic heterocycles. The summed E-state index contributed by atoms with van der Waals surface area (Å²) < 4.78 is 14.4. The number of benzene rings is 2. The first kappa shape index (κ1) is 13.0. The lowest BCUT2D eigenvalue weighted by Gasteiger charge is -2.09. The van der Waals surface area contributed by atoms with Gasteiger partial charge < -0.3 is 5.32 Å². The summed E-state index contributed by atoms with van der Waals surface area (Å²) in [6, 6.07) is 12.7. The van der Waals surface area contributed by atoms with Crippen molar-refractivity contribution in [2.24, 2.45) is 0 Å². The molecule has 1 fully saturated rings. The van der Waals surface area contributed by atoms with Crippen LogP contribution in [0.4, 0.5) is 4.39 Å². The van der Waals surface area contributed by atoms with Crippen LogP contribution >= 0.6 is 0 Å². The van der Waals surface area contributed by atoms with Crippen LogP contribution in [0.1, 0.15) is 36.0 Å². The predicted molar refractivity (Wildman–Crippen MR) is 83.7 cm³/mol. The van der Waals surface area contributed by atoms with Gasteiger partial charge >= 0.3 is 0 Å². The molecule has 21 heavy (non-hydrogen) atoms. The second-order valence-electron chi connectivity index (χ2n) is 6.31. The first-order chi connectivity index (χ1) is 10.3. The van der Waals surface area contributed by atoms with Gasteiger partial charge in [-0.1, -0.05) is 30.3 Å². The fourth-order valence-corrected chi connectivity index (χ4v) is 3.19. The Morgan fingerprint density at radius 3 is 2.67 bits per heavy atom. The zero-order chi connectivity index (χ0) is 14.2. The van der Waals surface area contributed by atoms with E-state index in [1.807, 2.05) is 12.1 Å². The van der Waals surface area contributed by atoms with Crippen molar-refractivity contribution < 1.29 is 4.39 Å². The average molecular weight is 281 g/mol. The second-order valence-corrected chi connectivity index (χ2v) is 6.31. The van der Waals surface area contributed by atoms with E-state index >= 15 is 0 Å². The molecule has 108 valence electrons. The Bertz CT molecular complexity index is 673. The Balaban J connectivity index is 1.59. The van der Waals surface area contributed by atoms with Crippen molar-refractivity contribution in [2.45, 2.75) is 44.7 Å². The van der Waals surface area contributed by atoms with Crippen LogP contribution in [0.25, 0.3) is 11.1 Å². The smallest absolute Gasteiger partial charge is 0.131 e. The average Bonchev–Trinajstić information content (AvgIpc) is 3.21. The standard InChI is InChI=1S/C19H20FN/c20-19-10-13(12-21-17-7-8-17)4-9-18(19)16-6-5-14-2-1-3-15(14)11-16/h4-6,9-11,17,21H,1-3,7-8,12H2. The van der Waals surface area contributed by atoms with Crippen LogP contribution in [0.15, 0.2) is 36.4 Å². The topological polar surface area (TPSA) is 12.0 Å². The SMILES string of the molecule is Fc1cc(CNC2CC2)ccc1-c1ccc2c(c1)CCC2. The second kappa shape index (κ2) is 5.27.